The van der Waals surface area contributed by atoms with Crippen molar-refractivity contribution < 1.29 is 14.3 Å². The lowest BCUT2D eigenvalue weighted by atomic mass is 10.1. The molecule has 4 nitrogen and oxygen atoms in total. The van der Waals surface area contributed by atoms with Crippen LogP contribution < -0.4 is 10.1 Å². The molecule has 0 aromatic heterocycles. The maximum absolute atomic E-state index is 12.1. The molecule has 0 heterocycles. The van der Waals surface area contributed by atoms with E-state index in [1.54, 1.807) is 30.3 Å². The normalized spacial score (nSPS) is 9.75. The lowest BCUT2D eigenvalue weighted by Crippen LogP contribution is -2.20. The topological polar surface area (TPSA) is 55.4 Å². The predicted octanol–water partition coefficient (Wildman–Crippen LogP) is 4.31. The second-order valence-corrected chi connectivity index (χ2v) is 6.11. The quantitative estimate of drug-likeness (QED) is 0.539. The van der Waals surface area contributed by atoms with E-state index < -0.39 is 0 Å². The summed E-state index contributed by atoms with van der Waals surface area (Å²) in [5.74, 6) is 6.42. The van der Waals surface area contributed by atoms with Crippen molar-refractivity contribution in [3.8, 4) is 17.6 Å². The summed E-state index contributed by atoms with van der Waals surface area (Å²) >= 11 is 0. The first kappa shape index (κ1) is 18.9. The first-order chi connectivity index (χ1) is 13.6. The van der Waals surface area contributed by atoms with Crippen molar-refractivity contribution in [2.24, 2.45) is 0 Å². The summed E-state index contributed by atoms with van der Waals surface area (Å²) < 4.78 is 5.46. The van der Waals surface area contributed by atoms with Crippen LogP contribution >= 0.6 is 0 Å². The number of hydrogen-bond acceptors (Lipinski definition) is 3. The fraction of sp³-hybridized carbons (Fsp3) is 0.0833. The minimum absolute atomic E-state index is 0.0143. The zero-order valence-electron chi connectivity index (χ0n) is 15.4. The number of rotatable bonds is 5. The van der Waals surface area contributed by atoms with Crippen molar-refractivity contribution in [1.29, 1.82) is 0 Å². The van der Waals surface area contributed by atoms with Gasteiger partial charge in [0, 0.05) is 22.4 Å². The average Bonchev–Trinajstić information content (AvgIpc) is 2.72. The third-order valence-corrected chi connectivity index (χ3v) is 3.90. The largest absolute Gasteiger partial charge is 0.484 e. The van der Waals surface area contributed by atoms with E-state index in [1.165, 1.54) is 6.92 Å². The number of carbonyl (C=O) groups excluding carboxylic acids is 2. The van der Waals surface area contributed by atoms with Crippen LogP contribution in [0.1, 0.15) is 28.4 Å². The molecule has 28 heavy (non-hydrogen) atoms. The third kappa shape index (κ3) is 5.58. The Morgan fingerprint density at radius 3 is 2.25 bits per heavy atom. The van der Waals surface area contributed by atoms with Gasteiger partial charge in [-0.05, 0) is 61.5 Å². The van der Waals surface area contributed by atoms with E-state index >= 15 is 0 Å². The van der Waals surface area contributed by atoms with Crippen LogP contribution in [0, 0.1) is 11.8 Å². The molecule has 0 radical (unpaired) electrons. The Balaban J connectivity index is 1.57. The van der Waals surface area contributed by atoms with Gasteiger partial charge in [-0.2, -0.15) is 0 Å². The SMILES string of the molecule is CC(=O)c1ccc(OCC(=O)Nc2cccc(C#Cc3ccccc3)c2)cc1. The van der Waals surface area contributed by atoms with E-state index in [1.807, 2.05) is 48.5 Å². The highest BCUT2D eigenvalue weighted by atomic mass is 16.5. The summed E-state index contributed by atoms with van der Waals surface area (Å²) in [7, 11) is 0. The molecule has 1 N–H and O–H groups in total. The molecular formula is C24H19NO3. The van der Waals surface area contributed by atoms with Crippen molar-refractivity contribution in [1.82, 2.24) is 0 Å². The zero-order valence-corrected chi connectivity index (χ0v) is 15.4. The molecular weight excluding hydrogens is 350 g/mol. The van der Waals surface area contributed by atoms with Gasteiger partial charge in [-0.3, -0.25) is 9.59 Å². The van der Waals surface area contributed by atoms with Crippen molar-refractivity contribution in [3.05, 3.63) is 95.6 Å². The van der Waals surface area contributed by atoms with E-state index in [0.29, 0.717) is 17.0 Å². The maximum Gasteiger partial charge on any atom is 0.262 e. The van der Waals surface area contributed by atoms with E-state index in [0.717, 1.165) is 11.1 Å². The highest BCUT2D eigenvalue weighted by Gasteiger charge is 2.05. The summed E-state index contributed by atoms with van der Waals surface area (Å²) in [6.07, 6.45) is 0. The number of amides is 1. The lowest BCUT2D eigenvalue weighted by molar-refractivity contribution is -0.118. The number of ketones is 1. The first-order valence-electron chi connectivity index (χ1n) is 8.81. The van der Waals surface area contributed by atoms with Gasteiger partial charge in [0.25, 0.3) is 5.91 Å². The minimum Gasteiger partial charge on any atom is -0.484 e. The number of hydrogen-bond donors (Lipinski definition) is 1. The van der Waals surface area contributed by atoms with E-state index in [9.17, 15) is 9.59 Å². The number of anilines is 1. The zero-order chi connectivity index (χ0) is 19.8. The van der Waals surface area contributed by atoms with Crippen LogP contribution in [0.15, 0.2) is 78.9 Å². The Kier molecular flexibility index (Phi) is 6.22. The van der Waals surface area contributed by atoms with Gasteiger partial charge in [0.15, 0.2) is 12.4 Å². The standard InChI is InChI=1S/C24H19NO3/c1-18(26)21-12-14-23(15-13-21)28-17-24(27)25-22-9-5-8-20(16-22)11-10-19-6-3-2-4-7-19/h2-9,12-16H,17H2,1H3,(H,25,27). The van der Waals surface area contributed by atoms with Gasteiger partial charge in [0.1, 0.15) is 5.75 Å². The molecule has 4 heteroatoms. The van der Waals surface area contributed by atoms with Crippen LogP contribution in [-0.2, 0) is 4.79 Å². The molecule has 0 atom stereocenters. The number of carbonyl (C=O) groups is 2. The van der Waals surface area contributed by atoms with Gasteiger partial charge >= 0.3 is 0 Å². The monoisotopic (exact) mass is 369 g/mol. The number of nitrogens with one attached hydrogen (secondary N) is 1. The molecule has 3 aromatic carbocycles. The molecule has 0 fully saturated rings. The Hall–Kier alpha value is -3.84. The molecule has 0 bridgehead atoms. The average molecular weight is 369 g/mol. The molecule has 0 unspecified atom stereocenters. The summed E-state index contributed by atoms with van der Waals surface area (Å²) in [4.78, 5) is 23.4. The Bertz CT molecular complexity index is 1030. The van der Waals surface area contributed by atoms with Gasteiger partial charge in [-0.25, -0.2) is 0 Å². The van der Waals surface area contributed by atoms with Crippen LogP contribution in [0.5, 0.6) is 5.75 Å². The molecule has 0 saturated carbocycles. The summed E-state index contributed by atoms with van der Waals surface area (Å²) in [5, 5.41) is 2.79. The van der Waals surface area contributed by atoms with Gasteiger partial charge in [-0.1, -0.05) is 36.1 Å². The van der Waals surface area contributed by atoms with E-state index in [4.69, 9.17) is 4.74 Å². The van der Waals surface area contributed by atoms with Gasteiger partial charge in [-0.15, -0.1) is 0 Å². The number of benzene rings is 3. The number of Topliss-reactive ketones (excluding diaryl/α,β-unsaturated/α-hetero) is 1. The number of ether oxygens (including phenoxy) is 1. The van der Waals surface area contributed by atoms with E-state index in [-0.39, 0.29) is 18.3 Å². The fourth-order valence-electron chi connectivity index (χ4n) is 2.47. The molecule has 3 aromatic rings. The van der Waals surface area contributed by atoms with Crippen LogP contribution in [0.2, 0.25) is 0 Å². The lowest BCUT2D eigenvalue weighted by Gasteiger charge is -2.08. The molecule has 138 valence electrons. The van der Waals surface area contributed by atoms with Crippen molar-refractivity contribution in [2.75, 3.05) is 11.9 Å². The summed E-state index contributed by atoms with van der Waals surface area (Å²) in [6.45, 7) is 1.38. The van der Waals surface area contributed by atoms with Crippen molar-refractivity contribution in [2.45, 2.75) is 6.92 Å². The van der Waals surface area contributed by atoms with Gasteiger partial charge in [0.05, 0.1) is 0 Å². The highest BCUT2D eigenvalue weighted by molar-refractivity contribution is 5.94. The molecule has 0 aliphatic heterocycles. The molecule has 0 spiro atoms. The maximum atomic E-state index is 12.1. The second kappa shape index (κ2) is 9.20. The van der Waals surface area contributed by atoms with Crippen LogP contribution in [-0.4, -0.2) is 18.3 Å². The van der Waals surface area contributed by atoms with Gasteiger partial charge < -0.3 is 10.1 Å². The summed E-state index contributed by atoms with van der Waals surface area (Å²) in [5.41, 5.74) is 2.99. The molecule has 3 rings (SSSR count). The second-order valence-electron chi connectivity index (χ2n) is 6.11. The van der Waals surface area contributed by atoms with Crippen LogP contribution in [0.25, 0.3) is 0 Å². The Morgan fingerprint density at radius 1 is 0.857 bits per heavy atom. The molecule has 0 aliphatic rings. The van der Waals surface area contributed by atoms with Crippen LogP contribution in [0.4, 0.5) is 5.69 Å². The molecule has 0 saturated heterocycles. The predicted molar refractivity (Wildman–Crippen MR) is 109 cm³/mol. The Morgan fingerprint density at radius 2 is 1.54 bits per heavy atom. The smallest absolute Gasteiger partial charge is 0.262 e. The van der Waals surface area contributed by atoms with Crippen LogP contribution in [0.3, 0.4) is 0 Å². The minimum atomic E-state index is -0.274. The Labute approximate surface area is 164 Å². The highest BCUT2D eigenvalue weighted by Crippen LogP contribution is 2.13. The van der Waals surface area contributed by atoms with Crippen molar-refractivity contribution >= 4 is 17.4 Å². The first-order valence-corrected chi connectivity index (χ1v) is 8.81. The van der Waals surface area contributed by atoms with Gasteiger partial charge in [0.2, 0.25) is 0 Å². The third-order valence-electron chi connectivity index (χ3n) is 3.90. The summed E-state index contributed by atoms with van der Waals surface area (Å²) in [6, 6.07) is 23.7. The molecule has 1 amide bonds. The molecule has 0 aliphatic carbocycles. The van der Waals surface area contributed by atoms with Crippen molar-refractivity contribution in [3.63, 3.8) is 0 Å². The van der Waals surface area contributed by atoms with E-state index in [2.05, 4.69) is 17.2 Å². The fourth-order valence-corrected chi connectivity index (χ4v) is 2.47.